The fourth-order valence-corrected chi connectivity index (χ4v) is 3.24. The standard InChI is InChI=1S/C24H23NO4/c26-21(17-29-16-18-10-4-1-5-11-18)25-23(24(27)28)22(19-12-6-2-7-13-19)20-14-8-3-9-15-20/h1-15,22-23H,16-17H2,(H,25,26)(H,27,28)/t23-/m1/s1. The average Bonchev–Trinajstić information content (AvgIpc) is 2.75. The Balaban J connectivity index is 1.73. The quantitative estimate of drug-likeness (QED) is 0.586. The first-order valence-corrected chi connectivity index (χ1v) is 9.39. The zero-order chi connectivity index (χ0) is 20.5. The molecule has 5 heteroatoms. The number of carbonyl (C=O) groups excluding carboxylic acids is 1. The fourth-order valence-electron chi connectivity index (χ4n) is 3.24. The first-order valence-electron chi connectivity index (χ1n) is 9.39. The van der Waals surface area contributed by atoms with Gasteiger partial charge in [-0.2, -0.15) is 0 Å². The summed E-state index contributed by atoms with van der Waals surface area (Å²) in [6.45, 7) is 0.0712. The molecule has 3 aromatic carbocycles. The van der Waals surface area contributed by atoms with Crippen molar-refractivity contribution in [1.82, 2.24) is 5.32 Å². The molecule has 29 heavy (non-hydrogen) atoms. The van der Waals surface area contributed by atoms with Gasteiger partial charge in [0.15, 0.2) is 0 Å². The molecule has 0 aliphatic carbocycles. The Labute approximate surface area is 170 Å². The maximum atomic E-state index is 12.4. The number of nitrogens with one attached hydrogen (secondary N) is 1. The highest BCUT2D eigenvalue weighted by Crippen LogP contribution is 2.28. The summed E-state index contributed by atoms with van der Waals surface area (Å²) in [7, 11) is 0. The van der Waals surface area contributed by atoms with Crippen LogP contribution in [0.1, 0.15) is 22.6 Å². The molecule has 2 N–H and O–H groups in total. The molecular formula is C24H23NO4. The van der Waals surface area contributed by atoms with Crippen molar-refractivity contribution in [1.29, 1.82) is 0 Å². The molecule has 0 saturated carbocycles. The molecule has 0 aliphatic rings. The van der Waals surface area contributed by atoms with E-state index in [0.29, 0.717) is 0 Å². The zero-order valence-electron chi connectivity index (χ0n) is 15.9. The predicted octanol–water partition coefficient (Wildman–Crippen LogP) is 3.60. The van der Waals surface area contributed by atoms with Crippen molar-refractivity contribution in [3.63, 3.8) is 0 Å². The Kier molecular flexibility index (Phi) is 7.14. The van der Waals surface area contributed by atoms with Crippen LogP contribution >= 0.6 is 0 Å². The maximum Gasteiger partial charge on any atom is 0.327 e. The van der Waals surface area contributed by atoms with E-state index in [1.807, 2.05) is 91.0 Å². The fraction of sp³-hybridized carbons (Fsp3) is 0.167. The second kappa shape index (κ2) is 10.2. The first-order chi connectivity index (χ1) is 14.1. The zero-order valence-corrected chi connectivity index (χ0v) is 15.9. The second-order valence-corrected chi connectivity index (χ2v) is 6.66. The SMILES string of the molecule is O=C(COCc1ccccc1)N[C@@H](C(=O)O)C(c1ccccc1)c1ccccc1. The number of hydrogen-bond acceptors (Lipinski definition) is 3. The normalized spacial score (nSPS) is 11.8. The molecular weight excluding hydrogens is 366 g/mol. The van der Waals surface area contributed by atoms with Crippen molar-refractivity contribution in [3.8, 4) is 0 Å². The maximum absolute atomic E-state index is 12.4. The Morgan fingerprint density at radius 2 is 1.28 bits per heavy atom. The Morgan fingerprint density at radius 3 is 1.76 bits per heavy atom. The summed E-state index contributed by atoms with van der Waals surface area (Å²) in [6.07, 6.45) is 0. The third kappa shape index (κ3) is 5.77. The molecule has 0 fully saturated rings. The van der Waals surface area contributed by atoms with Gasteiger partial charge in [-0.15, -0.1) is 0 Å². The van der Waals surface area contributed by atoms with Crippen molar-refractivity contribution in [2.45, 2.75) is 18.6 Å². The topological polar surface area (TPSA) is 75.6 Å². The van der Waals surface area contributed by atoms with Gasteiger partial charge in [0.25, 0.3) is 0 Å². The number of carboxylic acids is 1. The Bertz CT molecular complexity index is 874. The number of aliphatic carboxylic acids is 1. The molecule has 3 aromatic rings. The van der Waals surface area contributed by atoms with Crippen molar-refractivity contribution >= 4 is 11.9 Å². The number of ether oxygens (including phenoxy) is 1. The summed E-state index contributed by atoms with van der Waals surface area (Å²) in [5, 5.41) is 12.5. The van der Waals surface area contributed by atoms with Crippen LogP contribution in [0.4, 0.5) is 0 Å². The van der Waals surface area contributed by atoms with E-state index in [0.717, 1.165) is 16.7 Å². The number of amides is 1. The average molecular weight is 389 g/mol. The molecule has 0 spiro atoms. The van der Waals surface area contributed by atoms with E-state index in [9.17, 15) is 14.7 Å². The van der Waals surface area contributed by atoms with E-state index < -0.39 is 23.8 Å². The number of carboxylic acid groups (broad SMARTS) is 1. The first kappa shape index (κ1) is 20.3. The number of hydrogen-bond donors (Lipinski definition) is 2. The van der Waals surface area contributed by atoms with E-state index in [4.69, 9.17) is 4.74 Å². The smallest absolute Gasteiger partial charge is 0.327 e. The van der Waals surface area contributed by atoms with Crippen LogP contribution in [0.3, 0.4) is 0 Å². The molecule has 148 valence electrons. The van der Waals surface area contributed by atoms with Crippen LogP contribution in [-0.2, 0) is 20.9 Å². The molecule has 0 radical (unpaired) electrons. The van der Waals surface area contributed by atoms with Crippen LogP contribution in [0.15, 0.2) is 91.0 Å². The van der Waals surface area contributed by atoms with Crippen LogP contribution < -0.4 is 5.32 Å². The lowest BCUT2D eigenvalue weighted by molar-refractivity contribution is -0.143. The van der Waals surface area contributed by atoms with Gasteiger partial charge in [-0.1, -0.05) is 91.0 Å². The molecule has 5 nitrogen and oxygen atoms in total. The van der Waals surface area contributed by atoms with E-state index in [-0.39, 0.29) is 13.2 Å². The number of benzene rings is 3. The van der Waals surface area contributed by atoms with E-state index in [1.165, 1.54) is 0 Å². The largest absolute Gasteiger partial charge is 0.480 e. The monoisotopic (exact) mass is 389 g/mol. The van der Waals surface area contributed by atoms with Crippen LogP contribution in [-0.4, -0.2) is 29.6 Å². The molecule has 0 aromatic heterocycles. The summed E-state index contributed by atoms with van der Waals surface area (Å²) >= 11 is 0. The minimum absolute atomic E-state index is 0.213. The van der Waals surface area contributed by atoms with Gasteiger partial charge in [-0.25, -0.2) is 4.79 Å². The van der Waals surface area contributed by atoms with E-state index >= 15 is 0 Å². The van der Waals surface area contributed by atoms with Crippen molar-refractivity contribution in [2.24, 2.45) is 0 Å². The van der Waals surface area contributed by atoms with E-state index in [2.05, 4.69) is 5.32 Å². The summed E-state index contributed by atoms with van der Waals surface area (Å²) < 4.78 is 5.45. The molecule has 0 unspecified atom stereocenters. The summed E-state index contributed by atoms with van der Waals surface area (Å²) in [6, 6.07) is 27.0. The molecule has 0 heterocycles. The minimum atomic E-state index is -1.12. The third-order valence-electron chi connectivity index (χ3n) is 4.58. The molecule has 0 aliphatic heterocycles. The Morgan fingerprint density at radius 1 is 0.793 bits per heavy atom. The van der Waals surface area contributed by atoms with Gasteiger partial charge in [0.05, 0.1) is 6.61 Å². The van der Waals surface area contributed by atoms with Crippen LogP contribution in [0.5, 0.6) is 0 Å². The van der Waals surface area contributed by atoms with Gasteiger partial charge in [-0.3, -0.25) is 4.79 Å². The lowest BCUT2D eigenvalue weighted by Gasteiger charge is -2.26. The molecule has 0 bridgehead atoms. The lowest BCUT2D eigenvalue weighted by atomic mass is 9.85. The van der Waals surface area contributed by atoms with Crippen molar-refractivity contribution in [2.75, 3.05) is 6.61 Å². The summed E-state index contributed by atoms with van der Waals surface area (Å²) in [5.74, 6) is -2.09. The van der Waals surface area contributed by atoms with Gasteiger partial charge >= 0.3 is 5.97 Å². The van der Waals surface area contributed by atoms with Gasteiger partial charge < -0.3 is 15.2 Å². The number of carbonyl (C=O) groups is 2. The third-order valence-corrected chi connectivity index (χ3v) is 4.58. The highest BCUT2D eigenvalue weighted by Gasteiger charge is 2.32. The van der Waals surface area contributed by atoms with Crippen molar-refractivity contribution in [3.05, 3.63) is 108 Å². The van der Waals surface area contributed by atoms with Gasteiger partial charge in [0, 0.05) is 5.92 Å². The second-order valence-electron chi connectivity index (χ2n) is 6.66. The summed E-state index contributed by atoms with van der Waals surface area (Å²) in [5.41, 5.74) is 2.58. The minimum Gasteiger partial charge on any atom is -0.480 e. The molecule has 1 amide bonds. The van der Waals surface area contributed by atoms with Crippen LogP contribution in [0.25, 0.3) is 0 Å². The van der Waals surface area contributed by atoms with Crippen LogP contribution in [0.2, 0.25) is 0 Å². The Hall–Kier alpha value is -3.44. The van der Waals surface area contributed by atoms with Crippen molar-refractivity contribution < 1.29 is 19.4 Å². The molecule has 1 atom stereocenters. The van der Waals surface area contributed by atoms with Gasteiger partial charge in [0.2, 0.25) is 5.91 Å². The highest BCUT2D eigenvalue weighted by atomic mass is 16.5. The van der Waals surface area contributed by atoms with Crippen LogP contribution in [0, 0.1) is 0 Å². The van der Waals surface area contributed by atoms with E-state index in [1.54, 1.807) is 0 Å². The molecule has 3 rings (SSSR count). The lowest BCUT2D eigenvalue weighted by Crippen LogP contribution is -2.46. The summed E-state index contributed by atoms with van der Waals surface area (Å²) in [4.78, 5) is 24.5. The van der Waals surface area contributed by atoms with Gasteiger partial charge in [-0.05, 0) is 16.7 Å². The predicted molar refractivity (Wildman–Crippen MR) is 110 cm³/mol. The number of rotatable bonds is 9. The highest BCUT2D eigenvalue weighted by molar-refractivity contribution is 5.85. The molecule has 0 saturated heterocycles. The van der Waals surface area contributed by atoms with Gasteiger partial charge in [0.1, 0.15) is 12.6 Å².